The first kappa shape index (κ1) is 46.4. The van der Waals surface area contributed by atoms with Crippen molar-refractivity contribution in [2.75, 3.05) is 13.2 Å². The van der Waals surface area contributed by atoms with Gasteiger partial charge < -0.3 is 14.2 Å². The summed E-state index contributed by atoms with van der Waals surface area (Å²) in [6, 6.07) is 0. The van der Waals surface area contributed by atoms with Crippen molar-refractivity contribution in [2.45, 2.75) is 233 Å². The zero-order chi connectivity index (χ0) is 35.3. The maximum atomic E-state index is 12.5. The van der Waals surface area contributed by atoms with Crippen LogP contribution >= 0.6 is 0 Å². The molecule has 0 spiro atoms. The molecule has 1 atom stereocenters. The van der Waals surface area contributed by atoms with E-state index in [9.17, 15) is 14.4 Å². The van der Waals surface area contributed by atoms with Gasteiger partial charge in [0.25, 0.3) is 0 Å². The van der Waals surface area contributed by atoms with Gasteiger partial charge in [-0.1, -0.05) is 188 Å². The van der Waals surface area contributed by atoms with Crippen LogP contribution in [0.2, 0.25) is 0 Å². The zero-order valence-electron chi connectivity index (χ0n) is 32.4. The number of carbonyl (C=O) groups is 3. The summed E-state index contributed by atoms with van der Waals surface area (Å²) in [6.45, 7) is 8.89. The van der Waals surface area contributed by atoms with Gasteiger partial charge in [0, 0.05) is 19.3 Å². The number of rotatable bonds is 37. The van der Waals surface area contributed by atoms with Crippen LogP contribution in [0, 0.1) is 5.92 Å². The van der Waals surface area contributed by atoms with E-state index in [1.54, 1.807) is 0 Å². The third-order valence-corrected chi connectivity index (χ3v) is 9.29. The molecule has 0 fully saturated rings. The van der Waals surface area contributed by atoms with E-state index in [0.29, 0.717) is 19.3 Å². The summed E-state index contributed by atoms with van der Waals surface area (Å²) in [5.41, 5.74) is 0. The van der Waals surface area contributed by atoms with Crippen molar-refractivity contribution in [3.63, 3.8) is 0 Å². The Labute approximate surface area is 298 Å². The molecule has 0 N–H and O–H groups in total. The first-order valence-corrected chi connectivity index (χ1v) is 20.9. The number of hydrogen-bond donors (Lipinski definition) is 0. The van der Waals surface area contributed by atoms with E-state index < -0.39 is 6.10 Å². The quantitative estimate of drug-likeness (QED) is 0.0369. The van der Waals surface area contributed by atoms with Gasteiger partial charge in [-0.3, -0.25) is 14.4 Å². The average Bonchev–Trinajstić information content (AvgIpc) is 3.06. The van der Waals surface area contributed by atoms with Crippen molar-refractivity contribution in [3.8, 4) is 0 Å². The van der Waals surface area contributed by atoms with Gasteiger partial charge in [0.05, 0.1) is 0 Å². The van der Waals surface area contributed by atoms with Gasteiger partial charge >= 0.3 is 17.9 Å². The summed E-state index contributed by atoms with van der Waals surface area (Å²) in [5.74, 6) is -0.0478. The fraction of sp³-hybridized carbons (Fsp3) is 0.929. The number of carbonyl (C=O) groups excluding carboxylic acids is 3. The molecule has 0 amide bonds. The largest absolute Gasteiger partial charge is 0.462 e. The van der Waals surface area contributed by atoms with E-state index in [2.05, 4.69) is 27.7 Å². The van der Waals surface area contributed by atoms with Gasteiger partial charge in [-0.2, -0.15) is 0 Å². The van der Waals surface area contributed by atoms with E-state index in [4.69, 9.17) is 14.2 Å². The molecule has 0 saturated carbocycles. The number of ether oxygens (including phenoxy) is 3. The zero-order valence-corrected chi connectivity index (χ0v) is 32.4. The topological polar surface area (TPSA) is 78.9 Å². The molecule has 0 radical (unpaired) electrons. The second-order valence-electron chi connectivity index (χ2n) is 14.7. The van der Waals surface area contributed by atoms with E-state index in [-0.39, 0.29) is 31.1 Å². The Morgan fingerprint density at radius 3 is 1.02 bits per heavy atom. The van der Waals surface area contributed by atoms with Crippen molar-refractivity contribution < 1.29 is 28.6 Å². The molecule has 0 unspecified atom stereocenters. The molecule has 0 aliphatic heterocycles. The molecule has 6 nitrogen and oxygen atoms in total. The molecule has 0 rings (SSSR count). The van der Waals surface area contributed by atoms with Gasteiger partial charge in [0.1, 0.15) is 13.2 Å². The molecule has 0 heterocycles. The van der Waals surface area contributed by atoms with Crippen molar-refractivity contribution in [1.29, 1.82) is 0 Å². The molecule has 0 aliphatic rings. The van der Waals surface area contributed by atoms with E-state index in [1.807, 2.05) is 0 Å². The third-order valence-electron chi connectivity index (χ3n) is 9.29. The molecule has 284 valence electrons. The Morgan fingerprint density at radius 1 is 0.396 bits per heavy atom. The number of unbranched alkanes of at least 4 members (excludes halogenated alkanes) is 24. The highest BCUT2D eigenvalue weighted by Gasteiger charge is 2.19. The minimum absolute atomic E-state index is 0.0658. The Bertz CT molecular complexity index is 721. The van der Waals surface area contributed by atoms with E-state index >= 15 is 0 Å². The molecule has 0 aromatic carbocycles. The molecule has 0 bridgehead atoms. The normalized spacial score (nSPS) is 11.9. The summed E-state index contributed by atoms with van der Waals surface area (Å²) in [4.78, 5) is 37.3. The lowest BCUT2D eigenvalue weighted by atomic mass is 10.0. The van der Waals surface area contributed by atoms with Crippen LogP contribution in [0.15, 0.2) is 0 Å². The van der Waals surface area contributed by atoms with Crippen molar-refractivity contribution >= 4 is 17.9 Å². The van der Waals surface area contributed by atoms with Crippen LogP contribution < -0.4 is 0 Å². The Kier molecular flexibility index (Phi) is 35.5. The fourth-order valence-corrected chi connectivity index (χ4v) is 6.10. The van der Waals surface area contributed by atoms with Crippen molar-refractivity contribution in [1.82, 2.24) is 0 Å². The summed E-state index contributed by atoms with van der Waals surface area (Å²) in [6.07, 6.45) is 34.0. The molecule has 0 saturated heterocycles. The minimum Gasteiger partial charge on any atom is -0.462 e. The summed E-state index contributed by atoms with van der Waals surface area (Å²) < 4.78 is 16.5. The predicted octanol–water partition coefficient (Wildman–Crippen LogP) is 12.8. The molecule has 0 aromatic rings. The lowest BCUT2D eigenvalue weighted by Gasteiger charge is -2.18. The van der Waals surface area contributed by atoms with E-state index in [1.165, 1.54) is 116 Å². The van der Waals surface area contributed by atoms with Crippen LogP contribution in [0.5, 0.6) is 0 Å². The highest BCUT2D eigenvalue weighted by Crippen LogP contribution is 2.15. The van der Waals surface area contributed by atoms with Crippen LogP contribution in [0.1, 0.15) is 227 Å². The SMILES string of the molecule is CCCCCCCCCCCCCC(=O)OC[C@H](COC(=O)CCCCCCCCCCCCCC(C)C)OC(=O)CCCCCCC. The van der Waals surface area contributed by atoms with Gasteiger partial charge in [-0.25, -0.2) is 0 Å². The standard InChI is InChI=1S/C42H80O6/c1-5-7-9-11-12-13-15-19-22-26-29-33-40(43)46-36-39(48-42(45)35-31-24-10-8-6-2)37-47-41(44)34-30-27-23-20-17-14-16-18-21-25-28-32-38(3)4/h38-39H,5-37H2,1-4H3/t39-/m1/s1. The molecule has 48 heavy (non-hydrogen) atoms. The lowest BCUT2D eigenvalue weighted by Crippen LogP contribution is -2.30. The van der Waals surface area contributed by atoms with Crippen LogP contribution in [-0.2, 0) is 28.6 Å². The first-order chi connectivity index (χ1) is 23.4. The number of hydrogen-bond acceptors (Lipinski definition) is 6. The van der Waals surface area contributed by atoms with Gasteiger partial charge in [0.15, 0.2) is 6.10 Å². The Hall–Kier alpha value is -1.59. The molecular weight excluding hydrogens is 600 g/mol. The Balaban J connectivity index is 4.18. The van der Waals surface area contributed by atoms with Gasteiger partial charge in [-0.15, -0.1) is 0 Å². The monoisotopic (exact) mass is 681 g/mol. The summed E-state index contributed by atoms with van der Waals surface area (Å²) in [7, 11) is 0. The Morgan fingerprint density at radius 2 is 0.688 bits per heavy atom. The van der Waals surface area contributed by atoms with E-state index in [0.717, 1.165) is 70.1 Å². The maximum Gasteiger partial charge on any atom is 0.306 e. The molecule has 0 aliphatic carbocycles. The minimum atomic E-state index is -0.756. The van der Waals surface area contributed by atoms with Crippen molar-refractivity contribution in [2.24, 2.45) is 5.92 Å². The van der Waals surface area contributed by atoms with Gasteiger partial charge in [-0.05, 0) is 25.2 Å². The molecular formula is C42H80O6. The summed E-state index contributed by atoms with van der Waals surface area (Å²) >= 11 is 0. The maximum absolute atomic E-state index is 12.5. The van der Waals surface area contributed by atoms with Crippen molar-refractivity contribution in [3.05, 3.63) is 0 Å². The average molecular weight is 681 g/mol. The molecule has 0 aromatic heterocycles. The van der Waals surface area contributed by atoms with Crippen LogP contribution in [0.3, 0.4) is 0 Å². The van der Waals surface area contributed by atoms with Crippen LogP contribution in [0.4, 0.5) is 0 Å². The van der Waals surface area contributed by atoms with Gasteiger partial charge in [0.2, 0.25) is 0 Å². The summed E-state index contributed by atoms with van der Waals surface area (Å²) in [5, 5.41) is 0. The number of esters is 3. The smallest absolute Gasteiger partial charge is 0.306 e. The molecule has 6 heteroatoms. The lowest BCUT2D eigenvalue weighted by molar-refractivity contribution is -0.167. The fourth-order valence-electron chi connectivity index (χ4n) is 6.10. The predicted molar refractivity (Wildman–Crippen MR) is 201 cm³/mol. The highest BCUT2D eigenvalue weighted by atomic mass is 16.6. The van der Waals surface area contributed by atoms with Crippen LogP contribution in [-0.4, -0.2) is 37.2 Å². The third kappa shape index (κ3) is 35.7. The highest BCUT2D eigenvalue weighted by molar-refractivity contribution is 5.71. The second kappa shape index (κ2) is 36.7. The first-order valence-electron chi connectivity index (χ1n) is 20.9. The van der Waals surface area contributed by atoms with Crippen LogP contribution in [0.25, 0.3) is 0 Å². The second-order valence-corrected chi connectivity index (χ2v) is 14.7.